The highest BCUT2D eigenvalue weighted by molar-refractivity contribution is 6.07. The molecule has 0 atom stereocenters. The first-order valence-corrected chi connectivity index (χ1v) is 10.6. The summed E-state index contributed by atoms with van der Waals surface area (Å²) < 4.78 is 14.5. The third-order valence-corrected chi connectivity index (χ3v) is 6.02. The summed E-state index contributed by atoms with van der Waals surface area (Å²) in [6.07, 6.45) is 1.76. The van der Waals surface area contributed by atoms with Crippen LogP contribution in [0.25, 0.3) is 44.2 Å². The number of hydrogen-bond donors (Lipinski definition) is 4. The first-order valence-electron chi connectivity index (χ1n) is 10.6. The number of nitrogens with one attached hydrogen (secondary N) is 3. The van der Waals surface area contributed by atoms with E-state index < -0.39 is 5.97 Å². The van der Waals surface area contributed by atoms with E-state index in [1.165, 1.54) is 12.1 Å². The molecule has 0 spiro atoms. The summed E-state index contributed by atoms with van der Waals surface area (Å²) >= 11 is 0. The average Bonchev–Trinajstić information content (AvgIpc) is 3.41. The van der Waals surface area contributed by atoms with E-state index >= 15 is 0 Å². The Bertz CT molecular complexity index is 1520. The van der Waals surface area contributed by atoms with Crippen molar-refractivity contribution in [3.8, 4) is 22.4 Å². The smallest absolute Gasteiger partial charge is 0.352 e. The third kappa shape index (κ3) is 3.02. The number of carbonyl (C=O) groups is 1. The van der Waals surface area contributed by atoms with Gasteiger partial charge in [0, 0.05) is 44.8 Å². The van der Waals surface area contributed by atoms with E-state index in [2.05, 4.69) is 21.0 Å². The minimum Gasteiger partial charge on any atom is -0.477 e. The van der Waals surface area contributed by atoms with Crippen molar-refractivity contribution in [1.29, 1.82) is 0 Å². The zero-order valence-electron chi connectivity index (χ0n) is 18.4. The van der Waals surface area contributed by atoms with Crippen molar-refractivity contribution in [3.05, 3.63) is 70.9 Å². The summed E-state index contributed by atoms with van der Waals surface area (Å²) in [4.78, 5) is 22.0. The van der Waals surface area contributed by atoms with Gasteiger partial charge in [-0.15, -0.1) is 0 Å². The summed E-state index contributed by atoms with van der Waals surface area (Å²) in [6, 6.07) is 10.9. The van der Waals surface area contributed by atoms with Crippen molar-refractivity contribution >= 4 is 27.8 Å². The van der Waals surface area contributed by atoms with Gasteiger partial charge in [-0.05, 0) is 66.8 Å². The van der Waals surface area contributed by atoms with Crippen molar-refractivity contribution in [2.45, 2.75) is 33.6 Å². The maximum absolute atomic E-state index is 14.5. The summed E-state index contributed by atoms with van der Waals surface area (Å²) in [5.74, 6) is -1.43. The van der Waals surface area contributed by atoms with Gasteiger partial charge < -0.3 is 20.1 Å². The Morgan fingerprint density at radius 1 is 0.969 bits per heavy atom. The predicted octanol–water partition coefficient (Wildman–Crippen LogP) is 6.89. The molecule has 0 bridgehead atoms. The van der Waals surface area contributed by atoms with Gasteiger partial charge >= 0.3 is 5.97 Å². The fourth-order valence-electron chi connectivity index (χ4n) is 4.81. The molecule has 0 unspecified atom stereocenters. The van der Waals surface area contributed by atoms with Crippen molar-refractivity contribution in [1.82, 2.24) is 15.0 Å². The predicted molar refractivity (Wildman–Crippen MR) is 126 cm³/mol. The molecule has 32 heavy (non-hydrogen) atoms. The highest BCUT2D eigenvalue weighted by atomic mass is 19.1. The van der Waals surface area contributed by atoms with Gasteiger partial charge in [0.15, 0.2) is 0 Å². The summed E-state index contributed by atoms with van der Waals surface area (Å²) in [7, 11) is 0. The molecule has 6 heteroatoms. The van der Waals surface area contributed by atoms with Crippen LogP contribution in [0.5, 0.6) is 0 Å². The minimum atomic E-state index is -1.04. The van der Waals surface area contributed by atoms with Crippen molar-refractivity contribution in [2.24, 2.45) is 0 Å². The minimum absolute atomic E-state index is 0.00258. The van der Waals surface area contributed by atoms with Gasteiger partial charge in [0.05, 0.1) is 5.69 Å². The fraction of sp³-hybridized carbons (Fsp3) is 0.192. The van der Waals surface area contributed by atoms with Gasteiger partial charge in [0.25, 0.3) is 0 Å². The van der Waals surface area contributed by atoms with Crippen LogP contribution >= 0.6 is 0 Å². The van der Waals surface area contributed by atoms with E-state index in [0.29, 0.717) is 22.3 Å². The molecule has 162 valence electrons. The molecule has 0 radical (unpaired) electrons. The Morgan fingerprint density at radius 2 is 1.75 bits per heavy atom. The van der Waals surface area contributed by atoms with Gasteiger partial charge in [-0.1, -0.05) is 19.9 Å². The molecule has 3 heterocycles. The normalized spacial score (nSPS) is 11.8. The van der Waals surface area contributed by atoms with Gasteiger partial charge in [0.1, 0.15) is 11.5 Å². The number of aromatic amines is 3. The maximum atomic E-state index is 14.5. The van der Waals surface area contributed by atoms with Crippen LogP contribution in [0.15, 0.2) is 42.6 Å². The molecule has 5 aromatic rings. The Balaban J connectivity index is 1.93. The molecule has 0 aliphatic heterocycles. The third-order valence-electron chi connectivity index (χ3n) is 6.02. The van der Waals surface area contributed by atoms with Crippen LogP contribution in [0.3, 0.4) is 0 Å². The summed E-state index contributed by atoms with van der Waals surface area (Å²) in [5, 5.41) is 12.0. The van der Waals surface area contributed by atoms with Gasteiger partial charge in [0.2, 0.25) is 0 Å². The Hall–Kier alpha value is -3.80. The highest BCUT2D eigenvalue weighted by Crippen LogP contribution is 2.44. The van der Waals surface area contributed by atoms with Crippen molar-refractivity contribution in [2.75, 3.05) is 0 Å². The SMILES string of the molecule is Cc1cc(-c2c(C(=O)O)[nH]c(-c3cc(F)cc4[nH]ccc34)c2C(C)C)c2cc(C)[nH]c2c1. The number of halogens is 1. The molecule has 0 aliphatic carbocycles. The molecule has 5 rings (SSSR count). The standard InChI is InChI=1S/C26H24FN3O2/c1-12(2)22-23(18-7-13(3)8-21-17(18)9-14(4)29-21)25(26(31)32)30-24(22)19-10-15(27)11-20-16(19)5-6-28-20/h5-12,28-30H,1-4H3,(H,31,32). The van der Waals surface area contributed by atoms with Crippen LogP contribution in [0.4, 0.5) is 4.39 Å². The first kappa shape index (κ1) is 20.1. The molecule has 0 aliphatic rings. The number of aromatic nitrogens is 3. The highest BCUT2D eigenvalue weighted by Gasteiger charge is 2.28. The van der Waals surface area contributed by atoms with E-state index in [1.54, 1.807) is 6.20 Å². The van der Waals surface area contributed by atoms with Crippen LogP contribution in [-0.4, -0.2) is 26.0 Å². The Labute approximate surface area is 184 Å². The second-order valence-corrected chi connectivity index (χ2v) is 8.74. The summed E-state index contributed by atoms with van der Waals surface area (Å²) in [6.45, 7) is 8.05. The molecule has 5 nitrogen and oxygen atoms in total. The second-order valence-electron chi connectivity index (χ2n) is 8.74. The summed E-state index contributed by atoms with van der Waals surface area (Å²) in [5.41, 5.74) is 7.44. The number of carboxylic acid groups (broad SMARTS) is 1. The Morgan fingerprint density at radius 3 is 2.47 bits per heavy atom. The molecule has 0 saturated carbocycles. The monoisotopic (exact) mass is 429 g/mol. The average molecular weight is 429 g/mol. The number of H-pyrrole nitrogens is 3. The van der Waals surface area contributed by atoms with Gasteiger partial charge in [-0.3, -0.25) is 0 Å². The molecule has 2 aromatic carbocycles. The van der Waals surface area contributed by atoms with E-state index in [-0.39, 0.29) is 17.4 Å². The molecule has 0 amide bonds. The quantitative estimate of drug-likeness (QED) is 0.251. The van der Waals surface area contributed by atoms with Crippen LogP contribution < -0.4 is 0 Å². The lowest BCUT2D eigenvalue weighted by Gasteiger charge is -2.14. The van der Waals surface area contributed by atoms with Crippen LogP contribution in [0, 0.1) is 19.7 Å². The zero-order valence-corrected chi connectivity index (χ0v) is 18.4. The van der Waals surface area contributed by atoms with Crippen molar-refractivity contribution in [3.63, 3.8) is 0 Å². The molecule has 0 saturated heterocycles. The lowest BCUT2D eigenvalue weighted by molar-refractivity contribution is 0.0692. The fourth-order valence-corrected chi connectivity index (χ4v) is 4.81. The first-order chi connectivity index (χ1) is 15.2. The second kappa shape index (κ2) is 7.12. The largest absolute Gasteiger partial charge is 0.477 e. The number of hydrogen-bond acceptors (Lipinski definition) is 1. The topological polar surface area (TPSA) is 84.7 Å². The lowest BCUT2D eigenvalue weighted by Crippen LogP contribution is -2.00. The van der Waals surface area contributed by atoms with Crippen molar-refractivity contribution < 1.29 is 14.3 Å². The number of benzene rings is 2. The number of aryl methyl sites for hydroxylation is 2. The van der Waals surface area contributed by atoms with Crippen LogP contribution in [0.1, 0.15) is 47.1 Å². The Kier molecular flexibility index (Phi) is 4.48. The van der Waals surface area contributed by atoms with Crippen LogP contribution in [0.2, 0.25) is 0 Å². The molecular weight excluding hydrogens is 405 g/mol. The molecule has 3 aromatic heterocycles. The van der Waals surface area contributed by atoms with E-state index in [9.17, 15) is 14.3 Å². The zero-order chi connectivity index (χ0) is 22.7. The van der Waals surface area contributed by atoms with E-state index in [4.69, 9.17) is 0 Å². The number of aromatic carboxylic acids is 1. The molecular formula is C26H24FN3O2. The lowest BCUT2D eigenvalue weighted by atomic mass is 9.88. The number of fused-ring (bicyclic) bond motifs is 2. The van der Waals surface area contributed by atoms with E-state index in [0.717, 1.165) is 38.7 Å². The molecule has 4 N–H and O–H groups in total. The van der Waals surface area contributed by atoms with Crippen LogP contribution in [-0.2, 0) is 0 Å². The molecule has 0 fully saturated rings. The van der Waals surface area contributed by atoms with Gasteiger partial charge in [-0.25, -0.2) is 9.18 Å². The number of rotatable bonds is 4. The number of carboxylic acids is 1. The van der Waals surface area contributed by atoms with Gasteiger partial charge in [-0.2, -0.15) is 0 Å². The maximum Gasteiger partial charge on any atom is 0.352 e. The van der Waals surface area contributed by atoms with E-state index in [1.807, 2.05) is 45.9 Å².